The van der Waals surface area contributed by atoms with Gasteiger partial charge in [-0.3, -0.25) is 14.2 Å². The summed E-state index contributed by atoms with van der Waals surface area (Å²) in [4.78, 5) is 33.0. The summed E-state index contributed by atoms with van der Waals surface area (Å²) < 4.78 is 7.51. The number of imidazole rings is 1. The summed E-state index contributed by atoms with van der Waals surface area (Å²) in [5.74, 6) is 0.155. The van der Waals surface area contributed by atoms with Crippen molar-refractivity contribution in [3.63, 3.8) is 0 Å². The summed E-state index contributed by atoms with van der Waals surface area (Å²) in [6.07, 6.45) is 2.73. The molecular weight excluding hydrogens is 322 g/mol. The maximum absolute atomic E-state index is 12.3. The van der Waals surface area contributed by atoms with Gasteiger partial charge in [-0.05, 0) is 12.8 Å². The van der Waals surface area contributed by atoms with E-state index in [2.05, 4.69) is 9.98 Å². The average molecular weight is 349 g/mol. The molecule has 7 heteroatoms. The molecule has 0 saturated heterocycles. The predicted octanol–water partition coefficient (Wildman–Crippen LogP) is 2.85. The molecule has 0 aromatic carbocycles. The highest BCUT2D eigenvalue weighted by atomic mass is 16.5. The topological polar surface area (TPSA) is 93.8 Å². The van der Waals surface area contributed by atoms with Crippen LogP contribution in [0, 0.1) is 5.92 Å². The predicted molar refractivity (Wildman–Crippen MR) is 94.3 cm³/mol. The average Bonchev–Trinajstić information content (AvgIpc) is 3.00. The second-order valence-corrected chi connectivity index (χ2v) is 6.61. The Balaban J connectivity index is 2.31. The van der Waals surface area contributed by atoms with Crippen LogP contribution in [-0.4, -0.2) is 44.6 Å². The molecule has 0 aliphatic carbocycles. The number of ketones is 2. The lowest BCUT2D eigenvalue weighted by atomic mass is 9.98. The molecule has 0 spiro atoms. The first-order chi connectivity index (χ1) is 11.9. The zero-order chi connectivity index (χ0) is 18.6. The number of nitrogens with zero attached hydrogens (tertiary/aromatic N) is 3. The van der Waals surface area contributed by atoms with Crippen LogP contribution in [0.2, 0.25) is 0 Å². The summed E-state index contributed by atoms with van der Waals surface area (Å²) in [6, 6.07) is 0. The van der Waals surface area contributed by atoms with Crippen LogP contribution in [0.1, 0.15) is 70.1 Å². The molecule has 0 radical (unpaired) electrons. The van der Waals surface area contributed by atoms with Crippen LogP contribution in [0.4, 0.5) is 5.82 Å². The van der Waals surface area contributed by atoms with Gasteiger partial charge in [-0.15, -0.1) is 0 Å². The van der Waals surface area contributed by atoms with E-state index in [1.54, 1.807) is 4.57 Å². The first kappa shape index (κ1) is 19.5. The van der Waals surface area contributed by atoms with Crippen LogP contribution >= 0.6 is 0 Å². The second-order valence-electron chi connectivity index (χ2n) is 6.61. The number of aliphatic hydroxyl groups is 1. The molecule has 1 N–H and O–H groups in total. The lowest BCUT2D eigenvalue weighted by Gasteiger charge is -2.24. The Hall–Kier alpha value is -1.86. The van der Waals surface area contributed by atoms with Crippen LogP contribution in [0.3, 0.4) is 0 Å². The fraction of sp³-hybridized carbons (Fsp3) is 0.667. The van der Waals surface area contributed by atoms with Crippen molar-refractivity contribution in [1.29, 1.82) is 0 Å². The number of hydrogen-bond acceptors (Lipinski definition) is 6. The quantitative estimate of drug-likeness (QED) is 0.740. The lowest BCUT2D eigenvalue weighted by molar-refractivity contribution is -0.120. The normalized spacial score (nSPS) is 15.5. The summed E-state index contributed by atoms with van der Waals surface area (Å²) in [5, 5.41) is 9.73. The van der Waals surface area contributed by atoms with Crippen molar-refractivity contribution >= 4 is 23.1 Å². The minimum absolute atomic E-state index is 0.000427. The first-order valence-electron chi connectivity index (χ1n) is 8.86. The van der Waals surface area contributed by atoms with E-state index in [4.69, 9.17) is 4.74 Å². The fourth-order valence-corrected chi connectivity index (χ4v) is 2.74. The van der Waals surface area contributed by atoms with Gasteiger partial charge in [-0.2, -0.15) is 0 Å². The van der Waals surface area contributed by atoms with Crippen molar-refractivity contribution in [1.82, 2.24) is 9.55 Å². The monoisotopic (exact) mass is 349 g/mol. The summed E-state index contributed by atoms with van der Waals surface area (Å²) in [7, 11) is 0. The lowest BCUT2D eigenvalue weighted by Crippen LogP contribution is -2.24. The molecule has 0 bridgehead atoms. The van der Waals surface area contributed by atoms with E-state index in [1.165, 1.54) is 6.33 Å². The maximum Gasteiger partial charge on any atom is 0.190 e. The minimum Gasteiger partial charge on any atom is -0.392 e. The van der Waals surface area contributed by atoms with Gasteiger partial charge in [0.05, 0.1) is 25.5 Å². The van der Waals surface area contributed by atoms with Gasteiger partial charge in [-0.1, -0.05) is 27.7 Å². The third-order valence-corrected chi connectivity index (χ3v) is 4.41. The Morgan fingerprint density at radius 1 is 1.36 bits per heavy atom. The molecule has 2 rings (SSSR count). The van der Waals surface area contributed by atoms with Crippen molar-refractivity contribution in [2.75, 3.05) is 6.61 Å². The third-order valence-electron chi connectivity index (χ3n) is 4.41. The number of fused-ring (bicyclic) bond motifs is 1. The molecule has 1 atom stereocenters. The van der Waals surface area contributed by atoms with Crippen molar-refractivity contribution in [3.05, 3.63) is 12.0 Å². The van der Waals surface area contributed by atoms with Crippen LogP contribution in [0.25, 0.3) is 0 Å². The summed E-state index contributed by atoms with van der Waals surface area (Å²) >= 11 is 0. The minimum atomic E-state index is -0.655. The Kier molecular flexibility index (Phi) is 6.61. The molecule has 2 heterocycles. The molecule has 1 aromatic rings. The van der Waals surface area contributed by atoms with Gasteiger partial charge in [0.25, 0.3) is 0 Å². The third kappa shape index (κ3) is 4.41. The molecule has 0 amide bonds. The summed E-state index contributed by atoms with van der Waals surface area (Å²) in [6.45, 7) is 7.44. The molecule has 0 fully saturated rings. The molecule has 1 aliphatic rings. The molecule has 7 nitrogen and oxygen atoms in total. The van der Waals surface area contributed by atoms with Crippen LogP contribution in [0.15, 0.2) is 11.3 Å². The Bertz CT molecular complexity index is 659. The number of ether oxygens (including phenoxy) is 1. The van der Waals surface area contributed by atoms with Crippen LogP contribution in [-0.2, 0) is 9.53 Å². The highest BCUT2D eigenvalue weighted by Crippen LogP contribution is 2.30. The van der Waals surface area contributed by atoms with E-state index < -0.39 is 6.23 Å². The molecule has 138 valence electrons. The summed E-state index contributed by atoms with van der Waals surface area (Å²) in [5.41, 5.74) is 0.810. The number of aliphatic hydroxyl groups excluding tert-OH is 1. The molecular formula is C18H27N3O4. The van der Waals surface area contributed by atoms with Gasteiger partial charge < -0.3 is 9.84 Å². The van der Waals surface area contributed by atoms with Crippen molar-refractivity contribution < 1.29 is 19.4 Å². The zero-order valence-electron chi connectivity index (χ0n) is 15.4. The van der Waals surface area contributed by atoms with Gasteiger partial charge in [-0.25, -0.2) is 9.98 Å². The van der Waals surface area contributed by atoms with E-state index in [0.717, 1.165) is 12.8 Å². The Morgan fingerprint density at radius 3 is 2.60 bits per heavy atom. The Labute approximate surface area is 148 Å². The standard InChI is InChI=1S/C18H27N3O4/c1-5-13(6-2)25-16(9-22)21-10-19-17-15(24)8-12(20-18(17)21)7-14(23)11(3)4/h10-11,13,16,22H,5-9H2,1-4H3/t16-/m1/s1. The Morgan fingerprint density at radius 2 is 2.04 bits per heavy atom. The van der Waals surface area contributed by atoms with Crippen molar-refractivity contribution in [2.45, 2.75) is 65.7 Å². The number of carbonyl (C=O) groups excluding carboxylic acids is 2. The molecule has 25 heavy (non-hydrogen) atoms. The fourth-order valence-electron chi connectivity index (χ4n) is 2.74. The van der Waals surface area contributed by atoms with Gasteiger partial charge in [0.15, 0.2) is 23.5 Å². The van der Waals surface area contributed by atoms with Gasteiger partial charge in [0, 0.05) is 18.1 Å². The SMILES string of the molecule is CCC(CC)O[C@H](CO)n1cnc2c1N=C(CC(=O)C(C)C)CC2=O. The number of aromatic nitrogens is 2. The van der Waals surface area contributed by atoms with E-state index >= 15 is 0 Å². The molecule has 0 unspecified atom stereocenters. The number of Topliss-reactive ketones (excluding diaryl/α,β-unsaturated/α-hetero) is 2. The van der Waals surface area contributed by atoms with Crippen molar-refractivity contribution in [2.24, 2.45) is 10.9 Å². The number of hydrogen-bond donors (Lipinski definition) is 1. The van der Waals surface area contributed by atoms with E-state index in [0.29, 0.717) is 11.5 Å². The second kappa shape index (κ2) is 8.49. The highest BCUT2D eigenvalue weighted by molar-refractivity contribution is 6.18. The van der Waals surface area contributed by atoms with Crippen molar-refractivity contribution in [3.8, 4) is 0 Å². The zero-order valence-corrected chi connectivity index (χ0v) is 15.4. The first-order valence-corrected chi connectivity index (χ1v) is 8.86. The highest BCUT2D eigenvalue weighted by Gasteiger charge is 2.29. The van der Waals surface area contributed by atoms with E-state index in [9.17, 15) is 14.7 Å². The number of aliphatic imine (C=N–C) groups is 1. The van der Waals surface area contributed by atoms with Gasteiger partial charge >= 0.3 is 0 Å². The number of rotatable bonds is 9. The smallest absolute Gasteiger partial charge is 0.190 e. The maximum atomic E-state index is 12.3. The van der Waals surface area contributed by atoms with E-state index in [-0.39, 0.29) is 48.7 Å². The van der Waals surface area contributed by atoms with E-state index in [1.807, 2.05) is 27.7 Å². The van der Waals surface area contributed by atoms with Gasteiger partial charge in [0.1, 0.15) is 5.78 Å². The molecule has 1 aromatic heterocycles. The van der Waals surface area contributed by atoms with Crippen LogP contribution < -0.4 is 0 Å². The van der Waals surface area contributed by atoms with Crippen LogP contribution in [0.5, 0.6) is 0 Å². The van der Waals surface area contributed by atoms with Gasteiger partial charge in [0.2, 0.25) is 0 Å². The molecule has 1 aliphatic heterocycles. The number of carbonyl (C=O) groups is 2. The largest absolute Gasteiger partial charge is 0.392 e. The molecule has 0 saturated carbocycles.